The van der Waals surface area contributed by atoms with Crippen LogP contribution in [0.3, 0.4) is 0 Å². The highest BCUT2D eigenvalue weighted by molar-refractivity contribution is 9.10. The molecule has 0 heterocycles. The third kappa shape index (κ3) is 4.62. The Morgan fingerprint density at radius 3 is 2.89 bits per heavy atom. The standard InChI is InChI=1S/C12H15BrN2O2S/c1-2-17-11(16)5-6-15-10-4-3-8(13)7-9(10)12(14)18/h3-4,7,15H,2,5-6H2,1H3,(H2,14,18). The van der Waals surface area contributed by atoms with Crippen molar-refractivity contribution in [2.24, 2.45) is 5.73 Å². The molecule has 0 saturated carbocycles. The maximum absolute atomic E-state index is 11.2. The van der Waals surface area contributed by atoms with Gasteiger partial charge in [0.15, 0.2) is 0 Å². The van der Waals surface area contributed by atoms with Crippen LogP contribution >= 0.6 is 28.1 Å². The summed E-state index contributed by atoms with van der Waals surface area (Å²) in [5.74, 6) is -0.223. The Balaban J connectivity index is 2.62. The molecular weight excluding hydrogens is 316 g/mol. The maximum Gasteiger partial charge on any atom is 0.307 e. The Labute approximate surface area is 120 Å². The van der Waals surface area contributed by atoms with Crippen LogP contribution in [-0.4, -0.2) is 24.1 Å². The van der Waals surface area contributed by atoms with Crippen molar-refractivity contribution in [2.75, 3.05) is 18.5 Å². The molecule has 0 unspecified atom stereocenters. The summed E-state index contributed by atoms with van der Waals surface area (Å²) in [6.45, 7) is 2.66. The van der Waals surface area contributed by atoms with Gasteiger partial charge in [0.05, 0.1) is 13.0 Å². The molecule has 0 atom stereocenters. The second-order valence-electron chi connectivity index (χ2n) is 3.54. The van der Waals surface area contributed by atoms with Crippen molar-refractivity contribution in [2.45, 2.75) is 13.3 Å². The van der Waals surface area contributed by atoms with Crippen molar-refractivity contribution in [3.63, 3.8) is 0 Å². The fourth-order valence-corrected chi connectivity index (χ4v) is 1.94. The molecule has 0 bridgehead atoms. The van der Waals surface area contributed by atoms with E-state index in [9.17, 15) is 4.79 Å². The molecule has 0 saturated heterocycles. The smallest absolute Gasteiger partial charge is 0.307 e. The molecule has 0 aromatic heterocycles. The van der Waals surface area contributed by atoms with Crippen molar-refractivity contribution in [3.05, 3.63) is 28.2 Å². The van der Waals surface area contributed by atoms with E-state index < -0.39 is 0 Å². The van der Waals surface area contributed by atoms with Crippen molar-refractivity contribution >= 4 is 44.8 Å². The Hall–Kier alpha value is -1.14. The number of carbonyl (C=O) groups is 1. The molecule has 0 aliphatic rings. The van der Waals surface area contributed by atoms with Gasteiger partial charge < -0.3 is 15.8 Å². The first-order chi connectivity index (χ1) is 8.54. The molecule has 1 aromatic rings. The van der Waals surface area contributed by atoms with Crippen LogP contribution in [0.2, 0.25) is 0 Å². The summed E-state index contributed by atoms with van der Waals surface area (Å²) >= 11 is 8.34. The fourth-order valence-electron chi connectivity index (χ4n) is 1.41. The quantitative estimate of drug-likeness (QED) is 0.619. The number of thiocarbonyl (C=S) groups is 1. The third-order valence-corrected chi connectivity index (χ3v) is 2.91. The number of halogens is 1. The van der Waals surface area contributed by atoms with Gasteiger partial charge >= 0.3 is 5.97 Å². The Morgan fingerprint density at radius 1 is 1.56 bits per heavy atom. The molecule has 0 aliphatic heterocycles. The molecule has 0 radical (unpaired) electrons. The molecular formula is C12H15BrN2O2S. The molecule has 0 amide bonds. The highest BCUT2D eigenvalue weighted by Crippen LogP contribution is 2.21. The van der Waals surface area contributed by atoms with Crippen molar-refractivity contribution in [1.29, 1.82) is 0 Å². The number of carbonyl (C=O) groups excluding carboxylic acids is 1. The molecule has 98 valence electrons. The van der Waals surface area contributed by atoms with Gasteiger partial charge in [-0.1, -0.05) is 28.1 Å². The zero-order valence-corrected chi connectivity index (χ0v) is 12.4. The largest absolute Gasteiger partial charge is 0.466 e. The van der Waals surface area contributed by atoms with E-state index in [0.29, 0.717) is 24.6 Å². The molecule has 0 spiro atoms. The first kappa shape index (κ1) is 14.9. The van der Waals surface area contributed by atoms with E-state index in [0.717, 1.165) is 15.7 Å². The van der Waals surface area contributed by atoms with Gasteiger partial charge in [0.1, 0.15) is 4.99 Å². The number of benzene rings is 1. The predicted molar refractivity (Wildman–Crippen MR) is 79.8 cm³/mol. The lowest BCUT2D eigenvalue weighted by Gasteiger charge is -2.11. The molecule has 1 aromatic carbocycles. The lowest BCUT2D eigenvalue weighted by Crippen LogP contribution is -2.16. The second kappa shape index (κ2) is 7.33. The highest BCUT2D eigenvalue weighted by atomic mass is 79.9. The normalized spacial score (nSPS) is 9.89. The number of esters is 1. The first-order valence-corrected chi connectivity index (χ1v) is 6.73. The molecule has 1 rings (SSSR count). The number of anilines is 1. The third-order valence-electron chi connectivity index (χ3n) is 2.20. The van der Waals surface area contributed by atoms with Gasteiger partial charge in [-0.15, -0.1) is 0 Å². The van der Waals surface area contributed by atoms with E-state index in [-0.39, 0.29) is 5.97 Å². The zero-order valence-electron chi connectivity index (χ0n) is 10.0. The number of hydrogen-bond donors (Lipinski definition) is 2. The topological polar surface area (TPSA) is 64.3 Å². The van der Waals surface area contributed by atoms with E-state index in [2.05, 4.69) is 21.2 Å². The molecule has 3 N–H and O–H groups in total. The summed E-state index contributed by atoms with van der Waals surface area (Å²) in [5, 5.41) is 3.12. The monoisotopic (exact) mass is 330 g/mol. The van der Waals surface area contributed by atoms with Gasteiger partial charge in [0.25, 0.3) is 0 Å². The van der Waals surface area contributed by atoms with Crippen LogP contribution in [0.5, 0.6) is 0 Å². The van der Waals surface area contributed by atoms with Crippen LogP contribution in [0.15, 0.2) is 22.7 Å². The van der Waals surface area contributed by atoms with Crippen LogP contribution in [-0.2, 0) is 9.53 Å². The van der Waals surface area contributed by atoms with Gasteiger partial charge in [-0.3, -0.25) is 4.79 Å². The van der Waals surface area contributed by atoms with Crippen LogP contribution in [0, 0.1) is 0 Å². The Kier molecular flexibility index (Phi) is 6.07. The number of hydrogen-bond acceptors (Lipinski definition) is 4. The van der Waals surface area contributed by atoms with E-state index in [1.165, 1.54) is 0 Å². The number of rotatable bonds is 6. The van der Waals surface area contributed by atoms with Crippen molar-refractivity contribution in [3.8, 4) is 0 Å². The minimum atomic E-state index is -0.223. The summed E-state index contributed by atoms with van der Waals surface area (Å²) < 4.78 is 5.74. The van der Waals surface area contributed by atoms with Crippen LogP contribution in [0.4, 0.5) is 5.69 Å². The van der Waals surface area contributed by atoms with Gasteiger partial charge in [0, 0.05) is 22.3 Å². The van der Waals surface area contributed by atoms with E-state index >= 15 is 0 Å². The molecule has 0 aliphatic carbocycles. The average Bonchev–Trinajstić information content (AvgIpc) is 2.31. The number of nitrogens with two attached hydrogens (primary N) is 1. The van der Waals surface area contributed by atoms with E-state index in [1.807, 2.05) is 18.2 Å². The molecule has 18 heavy (non-hydrogen) atoms. The second-order valence-corrected chi connectivity index (χ2v) is 4.89. The Bertz CT molecular complexity index is 452. The van der Waals surface area contributed by atoms with E-state index in [1.54, 1.807) is 6.92 Å². The van der Waals surface area contributed by atoms with Gasteiger partial charge in [-0.05, 0) is 25.1 Å². The lowest BCUT2D eigenvalue weighted by molar-refractivity contribution is -0.142. The summed E-state index contributed by atoms with van der Waals surface area (Å²) in [7, 11) is 0. The highest BCUT2D eigenvalue weighted by Gasteiger charge is 2.07. The lowest BCUT2D eigenvalue weighted by atomic mass is 10.1. The fraction of sp³-hybridized carbons (Fsp3) is 0.333. The minimum Gasteiger partial charge on any atom is -0.466 e. The van der Waals surface area contributed by atoms with Gasteiger partial charge in [-0.2, -0.15) is 0 Å². The van der Waals surface area contributed by atoms with E-state index in [4.69, 9.17) is 22.7 Å². The van der Waals surface area contributed by atoms with Crippen LogP contribution in [0.25, 0.3) is 0 Å². The summed E-state index contributed by atoms with van der Waals surface area (Å²) in [6, 6.07) is 5.59. The molecule has 4 nitrogen and oxygen atoms in total. The molecule has 6 heteroatoms. The zero-order chi connectivity index (χ0) is 13.5. The van der Waals surface area contributed by atoms with Crippen LogP contribution < -0.4 is 11.1 Å². The maximum atomic E-state index is 11.2. The number of ether oxygens (including phenoxy) is 1. The predicted octanol–water partition coefficient (Wildman–Crippen LogP) is 2.45. The Morgan fingerprint density at radius 2 is 2.28 bits per heavy atom. The average molecular weight is 331 g/mol. The molecule has 0 fully saturated rings. The minimum absolute atomic E-state index is 0.223. The van der Waals surface area contributed by atoms with Crippen molar-refractivity contribution in [1.82, 2.24) is 0 Å². The SMILES string of the molecule is CCOC(=O)CCNc1ccc(Br)cc1C(N)=S. The summed E-state index contributed by atoms with van der Waals surface area (Å²) in [6.07, 6.45) is 0.306. The first-order valence-electron chi connectivity index (χ1n) is 5.53. The van der Waals surface area contributed by atoms with Gasteiger partial charge in [0.2, 0.25) is 0 Å². The number of nitrogens with one attached hydrogen (secondary N) is 1. The van der Waals surface area contributed by atoms with Crippen molar-refractivity contribution < 1.29 is 9.53 Å². The van der Waals surface area contributed by atoms with Crippen LogP contribution in [0.1, 0.15) is 18.9 Å². The summed E-state index contributed by atoms with van der Waals surface area (Å²) in [4.78, 5) is 11.5. The van der Waals surface area contributed by atoms with Gasteiger partial charge in [-0.25, -0.2) is 0 Å². The summed E-state index contributed by atoms with van der Waals surface area (Å²) in [5.41, 5.74) is 7.21.